The van der Waals surface area contributed by atoms with Crippen molar-refractivity contribution in [2.45, 2.75) is 64.3 Å². The zero-order valence-corrected chi connectivity index (χ0v) is 12.3. The van der Waals surface area contributed by atoms with Crippen molar-refractivity contribution >= 4 is 0 Å². The summed E-state index contributed by atoms with van der Waals surface area (Å²) >= 11 is 0. The van der Waals surface area contributed by atoms with E-state index in [1.165, 1.54) is 50.5 Å². The number of hydrogen-bond acceptors (Lipinski definition) is 2. The van der Waals surface area contributed by atoms with E-state index in [-0.39, 0.29) is 0 Å². The summed E-state index contributed by atoms with van der Waals surface area (Å²) in [4.78, 5) is 4.24. The molecule has 2 rings (SSSR count). The van der Waals surface area contributed by atoms with Crippen LogP contribution in [-0.4, -0.2) is 17.6 Å². The second-order valence-corrected chi connectivity index (χ2v) is 5.96. The molecule has 1 unspecified atom stereocenters. The summed E-state index contributed by atoms with van der Waals surface area (Å²) in [6.45, 7) is 3.38. The van der Waals surface area contributed by atoms with Gasteiger partial charge in [0.2, 0.25) is 0 Å². The molecule has 0 saturated heterocycles. The topological polar surface area (TPSA) is 24.9 Å². The van der Waals surface area contributed by atoms with Gasteiger partial charge in [-0.05, 0) is 43.4 Å². The first-order valence-corrected chi connectivity index (χ1v) is 8.00. The maximum absolute atomic E-state index is 4.24. The highest BCUT2D eigenvalue weighted by Gasteiger charge is 2.18. The Balaban J connectivity index is 1.87. The minimum Gasteiger partial charge on any atom is -0.314 e. The molecule has 0 bridgehead atoms. The van der Waals surface area contributed by atoms with E-state index in [1.807, 2.05) is 18.5 Å². The summed E-state index contributed by atoms with van der Waals surface area (Å²) in [5, 5.41) is 3.74. The number of hydrogen-bond donors (Lipinski definition) is 1. The predicted octanol–water partition coefficient (Wildman–Crippen LogP) is 3.96. The van der Waals surface area contributed by atoms with E-state index in [1.54, 1.807) is 0 Å². The zero-order chi connectivity index (χ0) is 13.3. The Morgan fingerprint density at radius 3 is 2.84 bits per heavy atom. The van der Waals surface area contributed by atoms with Crippen molar-refractivity contribution in [1.29, 1.82) is 0 Å². The van der Waals surface area contributed by atoms with Gasteiger partial charge in [-0.15, -0.1) is 0 Å². The van der Waals surface area contributed by atoms with Crippen LogP contribution in [0.4, 0.5) is 0 Å². The smallest absolute Gasteiger partial charge is 0.0300 e. The van der Waals surface area contributed by atoms with Crippen LogP contribution in [0, 0.1) is 5.92 Å². The summed E-state index contributed by atoms with van der Waals surface area (Å²) < 4.78 is 0. The molecule has 106 valence electrons. The quantitative estimate of drug-likeness (QED) is 0.802. The average Bonchev–Trinajstić information content (AvgIpc) is 2.47. The van der Waals surface area contributed by atoms with Crippen LogP contribution in [-0.2, 0) is 6.42 Å². The first kappa shape index (κ1) is 14.5. The third kappa shape index (κ3) is 5.32. The Hall–Kier alpha value is -0.890. The molecule has 1 fully saturated rings. The molecule has 0 spiro atoms. The number of nitrogens with zero attached hydrogens (tertiary/aromatic N) is 1. The van der Waals surface area contributed by atoms with E-state index in [2.05, 4.69) is 23.3 Å². The maximum atomic E-state index is 4.24. The highest BCUT2D eigenvalue weighted by Crippen LogP contribution is 2.28. The minimum atomic E-state index is 0.632. The van der Waals surface area contributed by atoms with Gasteiger partial charge in [0, 0.05) is 18.4 Å². The van der Waals surface area contributed by atoms with Gasteiger partial charge >= 0.3 is 0 Å². The number of nitrogens with one attached hydrogen (secondary N) is 1. The molecule has 0 amide bonds. The van der Waals surface area contributed by atoms with Gasteiger partial charge in [-0.1, -0.05) is 45.1 Å². The van der Waals surface area contributed by atoms with Gasteiger partial charge in [0.1, 0.15) is 0 Å². The molecule has 1 N–H and O–H groups in total. The fourth-order valence-electron chi connectivity index (χ4n) is 3.22. The largest absolute Gasteiger partial charge is 0.314 e. The third-order valence-electron chi connectivity index (χ3n) is 4.23. The van der Waals surface area contributed by atoms with Crippen molar-refractivity contribution in [3.8, 4) is 0 Å². The lowest BCUT2D eigenvalue weighted by molar-refractivity contribution is 0.296. The molecule has 0 aromatic carbocycles. The van der Waals surface area contributed by atoms with Gasteiger partial charge in [0.05, 0.1) is 0 Å². The second kappa shape index (κ2) is 8.31. The number of aromatic nitrogens is 1. The molecule has 1 heterocycles. The first-order chi connectivity index (χ1) is 9.38. The van der Waals surface area contributed by atoms with E-state index < -0.39 is 0 Å². The van der Waals surface area contributed by atoms with Crippen LogP contribution >= 0.6 is 0 Å². The molecule has 0 aliphatic heterocycles. The van der Waals surface area contributed by atoms with Crippen LogP contribution in [0.3, 0.4) is 0 Å². The van der Waals surface area contributed by atoms with Crippen LogP contribution in [0.1, 0.15) is 57.4 Å². The summed E-state index contributed by atoms with van der Waals surface area (Å²) in [5.41, 5.74) is 1.37. The van der Waals surface area contributed by atoms with Crippen LogP contribution in [0.2, 0.25) is 0 Å². The molecule has 1 saturated carbocycles. The molecule has 0 radical (unpaired) electrons. The monoisotopic (exact) mass is 260 g/mol. The van der Waals surface area contributed by atoms with Crippen LogP contribution in [0.25, 0.3) is 0 Å². The minimum absolute atomic E-state index is 0.632. The van der Waals surface area contributed by atoms with Gasteiger partial charge in [-0.3, -0.25) is 4.98 Å². The molecule has 1 aromatic heterocycles. The fourth-order valence-corrected chi connectivity index (χ4v) is 3.22. The second-order valence-electron chi connectivity index (χ2n) is 5.96. The highest BCUT2D eigenvalue weighted by molar-refractivity contribution is 5.10. The van der Waals surface area contributed by atoms with Gasteiger partial charge in [0.25, 0.3) is 0 Å². The Labute approximate surface area is 118 Å². The van der Waals surface area contributed by atoms with E-state index in [4.69, 9.17) is 0 Å². The predicted molar refractivity (Wildman–Crippen MR) is 81.2 cm³/mol. The molecular formula is C17H28N2. The zero-order valence-electron chi connectivity index (χ0n) is 12.3. The summed E-state index contributed by atoms with van der Waals surface area (Å²) in [6.07, 6.45) is 14.8. The van der Waals surface area contributed by atoms with Crippen molar-refractivity contribution in [3.63, 3.8) is 0 Å². The Kier molecular flexibility index (Phi) is 6.35. The maximum Gasteiger partial charge on any atom is 0.0300 e. The average molecular weight is 260 g/mol. The molecule has 1 aliphatic rings. The fraction of sp³-hybridized carbons (Fsp3) is 0.706. The highest BCUT2D eigenvalue weighted by atomic mass is 14.9. The molecule has 2 nitrogen and oxygen atoms in total. The lowest BCUT2D eigenvalue weighted by atomic mass is 9.83. The standard InChI is InChI=1S/C17H28N2/c1-2-10-19-17(12-15-7-4-3-5-8-15)13-16-9-6-11-18-14-16/h6,9,11,14-15,17,19H,2-5,7-8,10,12-13H2,1H3. The van der Waals surface area contributed by atoms with Crippen LogP contribution in [0.5, 0.6) is 0 Å². The van der Waals surface area contributed by atoms with Crippen molar-refractivity contribution in [3.05, 3.63) is 30.1 Å². The SMILES string of the molecule is CCCNC(Cc1cccnc1)CC1CCCCC1. The van der Waals surface area contributed by atoms with Gasteiger partial charge in [0.15, 0.2) is 0 Å². The van der Waals surface area contributed by atoms with E-state index in [0.717, 1.165) is 18.9 Å². The lowest BCUT2D eigenvalue weighted by Crippen LogP contribution is -2.34. The Morgan fingerprint density at radius 2 is 2.16 bits per heavy atom. The molecular weight excluding hydrogens is 232 g/mol. The molecule has 19 heavy (non-hydrogen) atoms. The van der Waals surface area contributed by atoms with Gasteiger partial charge in [-0.25, -0.2) is 0 Å². The molecule has 1 aliphatic carbocycles. The van der Waals surface area contributed by atoms with E-state index in [9.17, 15) is 0 Å². The molecule has 2 heteroatoms. The van der Waals surface area contributed by atoms with Gasteiger partial charge < -0.3 is 5.32 Å². The van der Waals surface area contributed by atoms with Crippen molar-refractivity contribution in [2.75, 3.05) is 6.54 Å². The summed E-state index contributed by atoms with van der Waals surface area (Å²) in [7, 11) is 0. The van der Waals surface area contributed by atoms with Crippen LogP contribution in [0.15, 0.2) is 24.5 Å². The third-order valence-corrected chi connectivity index (χ3v) is 4.23. The molecule has 1 aromatic rings. The normalized spacial score (nSPS) is 18.4. The van der Waals surface area contributed by atoms with E-state index in [0.29, 0.717) is 6.04 Å². The van der Waals surface area contributed by atoms with Crippen LogP contribution < -0.4 is 5.32 Å². The summed E-state index contributed by atoms with van der Waals surface area (Å²) in [6, 6.07) is 4.88. The lowest BCUT2D eigenvalue weighted by Gasteiger charge is -2.27. The van der Waals surface area contributed by atoms with Crippen molar-refractivity contribution < 1.29 is 0 Å². The number of pyridine rings is 1. The van der Waals surface area contributed by atoms with Crippen molar-refractivity contribution in [1.82, 2.24) is 10.3 Å². The van der Waals surface area contributed by atoms with Crippen molar-refractivity contribution in [2.24, 2.45) is 5.92 Å². The van der Waals surface area contributed by atoms with Gasteiger partial charge in [-0.2, -0.15) is 0 Å². The molecule has 1 atom stereocenters. The number of rotatable bonds is 7. The van der Waals surface area contributed by atoms with E-state index >= 15 is 0 Å². The Bertz CT molecular complexity index is 330. The first-order valence-electron chi connectivity index (χ1n) is 8.00. The Morgan fingerprint density at radius 1 is 1.32 bits per heavy atom. The summed E-state index contributed by atoms with van der Waals surface area (Å²) in [5.74, 6) is 0.944.